The monoisotopic (exact) mass is 395 g/mol. The molecule has 0 saturated heterocycles. The molecule has 0 spiro atoms. The summed E-state index contributed by atoms with van der Waals surface area (Å²) in [5, 5.41) is 3.76. The van der Waals surface area contributed by atoms with E-state index in [0.717, 1.165) is 5.56 Å². The van der Waals surface area contributed by atoms with Crippen molar-refractivity contribution in [3.8, 4) is 5.75 Å². The van der Waals surface area contributed by atoms with Gasteiger partial charge in [-0.25, -0.2) is 4.79 Å². The van der Waals surface area contributed by atoms with Gasteiger partial charge in [0, 0.05) is 15.7 Å². The maximum absolute atomic E-state index is 12.2. The van der Waals surface area contributed by atoms with Gasteiger partial charge in [0.15, 0.2) is 12.2 Å². The van der Waals surface area contributed by atoms with Crippen LogP contribution in [0.4, 0.5) is 5.69 Å². The third kappa shape index (κ3) is 5.64. The van der Waals surface area contributed by atoms with Crippen LogP contribution in [0.25, 0.3) is 0 Å². The topological polar surface area (TPSA) is 64.6 Å². The van der Waals surface area contributed by atoms with Crippen molar-refractivity contribution in [2.75, 3.05) is 5.32 Å². The molecule has 0 saturated carbocycles. The molecule has 0 aromatic heterocycles. The fourth-order valence-corrected chi connectivity index (χ4v) is 2.35. The highest BCUT2D eigenvalue weighted by atomic mass is 35.5. The minimum absolute atomic E-state index is 0.456. The van der Waals surface area contributed by atoms with Crippen LogP contribution < -0.4 is 10.1 Å². The number of nitrogens with one attached hydrogen (secondary N) is 1. The van der Waals surface area contributed by atoms with E-state index in [9.17, 15) is 9.59 Å². The summed E-state index contributed by atoms with van der Waals surface area (Å²) >= 11 is 11.7. The smallest absolute Gasteiger partial charge is 0.347 e. The number of hydrogen-bond acceptors (Lipinski definition) is 4. The molecule has 2 atom stereocenters. The Morgan fingerprint density at radius 3 is 2.23 bits per heavy atom. The highest BCUT2D eigenvalue weighted by Crippen LogP contribution is 2.21. The average molecular weight is 396 g/mol. The zero-order chi connectivity index (χ0) is 19.3. The zero-order valence-corrected chi connectivity index (χ0v) is 16.1. The molecular formula is C19H19Cl2NO4. The van der Waals surface area contributed by atoms with Gasteiger partial charge in [0.1, 0.15) is 5.75 Å². The molecule has 2 aromatic carbocycles. The average Bonchev–Trinajstić information content (AvgIpc) is 2.59. The van der Waals surface area contributed by atoms with Gasteiger partial charge in [-0.15, -0.1) is 0 Å². The molecule has 0 bridgehead atoms. The maximum atomic E-state index is 12.2. The molecule has 26 heavy (non-hydrogen) atoms. The van der Waals surface area contributed by atoms with Crippen molar-refractivity contribution in [1.29, 1.82) is 0 Å². The van der Waals surface area contributed by atoms with Crippen LogP contribution in [0.1, 0.15) is 19.4 Å². The molecule has 0 aliphatic carbocycles. The van der Waals surface area contributed by atoms with Gasteiger partial charge in [0.2, 0.25) is 0 Å². The second kappa shape index (κ2) is 8.92. The minimum Gasteiger partial charge on any atom is -0.479 e. The lowest BCUT2D eigenvalue weighted by atomic mass is 10.2. The molecule has 2 aromatic rings. The van der Waals surface area contributed by atoms with Gasteiger partial charge >= 0.3 is 5.97 Å². The van der Waals surface area contributed by atoms with Crippen molar-refractivity contribution >= 4 is 40.8 Å². The fraction of sp³-hybridized carbons (Fsp3) is 0.263. The van der Waals surface area contributed by atoms with Gasteiger partial charge in [-0.2, -0.15) is 0 Å². The van der Waals surface area contributed by atoms with Crippen molar-refractivity contribution < 1.29 is 19.1 Å². The zero-order valence-electron chi connectivity index (χ0n) is 14.6. The summed E-state index contributed by atoms with van der Waals surface area (Å²) < 4.78 is 10.7. The number of carbonyl (C=O) groups is 2. The first-order chi connectivity index (χ1) is 12.3. The van der Waals surface area contributed by atoms with E-state index in [1.165, 1.54) is 6.92 Å². The van der Waals surface area contributed by atoms with E-state index in [4.69, 9.17) is 32.7 Å². The number of halogens is 2. The van der Waals surface area contributed by atoms with Gasteiger partial charge in [0.25, 0.3) is 5.91 Å². The Kier molecular flexibility index (Phi) is 6.89. The number of carbonyl (C=O) groups excluding carboxylic acids is 2. The molecule has 2 rings (SSSR count). The quantitative estimate of drug-likeness (QED) is 0.723. The van der Waals surface area contributed by atoms with E-state index >= 15 is 0 Å². The SMILES string of the molecule is Cc1ccc(Cl)cc1NC(=O)[C@@H](C)OC(=O)[C@@H](C)Oc1ccc(Cl)cc1. The van der Waals surface area contributed by atoms with Crippen LogP contribution in [0, 0.1) is 6.92 Å². The summed E-state index contributed by atoms with van der Waals surface area (Å²) in [6.45, 7) is 4.87. The first-order valence-electron chi connectivity index (χ1n) is 7.96. The second-order valence-electron chi connectivity index (χ2n) is 5.74. The molecule has 0 aliphatic heterocycles. The second-order valence-corrected chi connectivity index (χ2v) is 6.61. The largest absolute Gasteiger partial charge is 0.479 e. The van der Waals surface area contributed by atoms with E-state index in [2.05, 4.69) is 5.32 Å². The van der Waals surface area contributed by atoms with Crippen molar-refractivity contribution in [2.45, 2.75) is 33.0 Å². The minimum atomic E-state index is -0.989. The Balaban J connectivity index is 1.91. The molecule has 138 valence electrons. The lowest BCUT2D eigenvalue weighted by Crippen LogP contribution is -2.35. The Morgan fingerprint density at radius 2 is 1.58 bits per heavy atom. The fourth-order valence-electron chi connectivity index (χ4n) is 2.05. The first kappa shape index (κ1) is 20.1. The maximum Gasteiger partial charge on any atom is 0.347 e. The predicted octanol–water partition coefficient (Wildman–Crippen LogP) is 4.64. The van der Waals surface area contributed by atoms with Crippen molar-refractivity contribution in [3.63, 3.8) is 0 Å². The first-order valence-corrected chi connectivity index (χ1v) is 8.71. The third-order valence-corrected chi connectivity index (χ3v) is 4.07. The van der Waals surface area contributed by atoms with Gasteiger partial charge in [0.05, 0.1) is 0 Å². The number of benzene rings is 2. The molecule has 1 amide bonds. The van der Waals surface area contributed by atoms with Gasteiger partial charge in [-0.05, 0) is 62.7 Å². The van der Waals surface area contributed by atoms with Crippen molar-refractivity contribution in [3.05, 3.63) is 58.1 Å². The van der Waals surface area contributed by atoms with Gasteiger partial charge in [-0.3, -0.25) is 4.79 Å². The third-order valence-electron chi connectivity index (χ3n) is 3.58. The standard InChI is InChI=1S/C19H19Cl2NO4/c1-11-4-5-15(21)10-17(11)22-18(23)12(2)26-19(24)13(3)25-16-8-6-14(20)7-9-16/h4-10,12-13H,1-3H3,(H,22,23)/t12-,13-/m1/s1. The Bertz CT molecular complexity index is 793. The van der Waals surface area contributed by atoms with Crippen LogP contribution in [0.3, 0.4) is 0 Å². The molecule has 1 N–H and O–H groups in total. The molecule has 0 aliphatic rings. The Labute approximate surface area is 162 Å². The molecule has 0 radical (unpaired) electrons. The van der Waals surface area contributed by atoms with Gasteiger partial charge < -0.3 is 14.8 Å². The van der Waals surface area contributed by atoms with Crippen molar-refractivity contribution in [2.24, 2.45) is 0 Å². The summed E-state index contributed by atoms with van der Waals surface area (Å²) in [6, 6.07) is 11.7. The van der Waals surface area contributed by atoms with Crippen LogP contribution in [0.5, 0.6) is 5.75 Å². The molecule has 5 nitrogen and oxygen atoms in total. The number of anilines is 1. The van der Waals surface area contributed by atoms with E-state index in [0.29, 0.717) is 21.5 Å². The van der Waals surface area contributed by atoms with E-state index in [-0.39, 0.29) is 0 Å². The summed E-state index contributed by atoms with van der Waals surface area (Å²) in [5.41, 5.74) is 1.41. The molecule has 0 heterocycles. The van der Waals surface area contributed by atoms with E-state index in [1.54, 1.807) is 49.4 Å². The number of hydrogen-bond donors (Lipinski definition) is 1. The van der Waals surface area contributed by atoms with E-state index < -0.39 is 24.1 Å². The summed E-state index contributed by atoms with van der Waals surface area (Å²) in [5.74, 6) is -0.627. The van der Waals surface area contributed by atoms with Crippen molar-refractivity contribution in [1.82, 2.24) is 0 Å². The highest BCUT2D eigenvalue weighted by Gasteiger charge is 2.23. The Morgan fingerprint density at radius 1 is 0.962 bits per heavy atom. The number of aryl methyl sites for hydroxylation is 1. The summed E-state index contributed by atoms with van der Waals surface area (Å²) in [6.07, 6.45) is -1.86. The summed E-state index contributed by atoms with van der Waals surface area (Å²) in [7, 11) is 0. The van der Waals surface area contributed by atoms with Crippen LogP contribution >= 0.6 is 23.2 Å². The van der Waals surface area contributed by atoms with Crippen LogP contribution in [0.15, 0.2) is 42.5 Å². The summed E-state index contributed by atoms with van der Waals surface area (Å²) in [4.78, 5) is 24.4. The van der Waals surface area contributed by atoms with Gasteiger partial charge in [-0.1, -0.05) is 29.3 Å². The molecule has 0 unspecified atom stereocenters. The Hall–Kier alpha value is -2.24. The lowest BCUT2D eigenvalue weighted by molar-refractivity contribution is -0.159. The van der Waals surface area contributed by atoms with E-state index in [1.807, 2.05) is 6.92 Å². The van der Waals surface area contributed by atoms with Crippen LogP contribution in [-0.2, 0) is 14.3 Å². The lowest BCUT2D eigenvalue weighted by Gasteiger charge is -2.18. The van der Waals surface area contributed by atoms with Crippen LogP contribution in [0.2, 0.25) is 10.0 Å². The predicted molar refractivity (Wildman–Crippen MR) is 102 cm³/mol. The number of esters is 1. The molecule has 7 heteroatoms. The molecular weight excluding hydrogens is 377 g/mol. The molecule has 0 fully saturated rings. The normalized spacial score (nSPS) is 12.8. The highest BCUT2D eigenvalue weighted by molar-refractivity contribution is 6.31. The van der Waals surface area contributed by atoms with Crippen LogP contribution in [-0.4, -0.2) is 24.1 Å². The number of ether oxygens (including phenoxy) is 2. The number of amides is 1. The number of rotatable bonds is 6.